The van der Waals surface area contributed by atoms with Crippen molar-refractivity contribution in [3.05, 3.63) is 84.3 Å². The molecule has 10 nitrogen and oxygen atoms in total. The zero-order valence-corrected chi connectivity index (χ0v) is 24.5. The minimum atomic E-state index is -1.19. The molecule has 1 saturated heterocycles. The SMILES string of the molecule is CC(C)(N)C(=O)N[C@H](COCc1ccccc1)C(=O)Nc1cn(C(C(=O)N2CCCCCCC2)c2ccccc2)cn1. The zero-order chi connectivity index (χ0) is 30.0. The van der Waals surface area contributed by atoms with Crippen LogP contribution >= 0.6 is 0 Å². The van der Waals surface area contributed by atoms with E-state index in [1.54, 1.807) is 30.9 Å². The third-order valence-corrected chi connectivity index (χ3v) is 7.27. The highest BCUT2D eigenvalue weighted by Gasteiger charge is 2.30. The highest BCUT2D eigenvalue weighted by Crippen LogP contribution is 2.24. The Hall–Kier alpha value is -4.02. The number of amides is 3. The van der Waals surface area contributed by atoms with Crippen molar-refractivity contribution in [3.63, 3.8) is 0 Å². The van der Waals surface area contributed by atoms with Gasteiger partial charge in [-0.15, -0.1) is 0 Å². The molecular weight excluding hydrogens is 532 g/mol. The Morgan fingerprint density at radius 3 is 2.21 bits per heavy atom. The zero-order valence-electron chi connectivity index (χ0n) is 24.5. The van der Waals surface area contributed by atoms with Gasteiger partial charge in [0, 0.05) is 19.3 Å². The summed E-state index contributed by atoms with van der Waals surface area (Å²) >= 11 is 0. The van der Waals surface area contributed by atoms with E-state index in [2.05, 4.69) is 15.6 Å². The van der Waals surface area contributed by atoms with E-state index in [0.29, 0.717) is 0 Å². The molecule has 4 rings (SSSR count). The Bertz CT molecular complexity index is 1300. The summed E-state index contributed by atoms with van der Waals surface area (Å²) in [4.78, 5) is 46.2. The number of hydrogen-bond acceptors (Lipinski definition) is 6. The fraction of sp³-hybridized carbons (Fsp3) is 0.438. The maximum absolute atomic E-state index is 13.9. The van der Waals surface area contributed by atoms with E-state index in [0.717, 1.165) is 49.9 Å². The quantitative estimate of drug-likeness (QED) is 0.320. The van der Waals surface area contributed by atoms with Gasteiger partial charge in [-0.1, -0.05) is 79.9 Å². The molecule has 1 unspecified atom stereocenters. The van der Waals surface area contributed by atoms with E-state index in [9.17, 15) is 14.4 Å². The van der Waals surface area contributed by atoms with Crippen molar-refractivity contribution in [3.8, 4) is 0 Å². The van der Waals surface area contributed by atoms with Gasteiger partial charge in [-0.05, 0) is 37.8 Å². The van der Waals surface area contributed by atoms with E-state index in [-0.39, 0.29) is 24.9 Å². The lowest BCUT2D eigenvalue weighted by Crippen LogP contribution is -2.56. The van der Waals surface area contributed by atoms with Crippen molar-refractivity contribution in [2.75, 3.05) is 25.0 Å². The Labute approximate surface area is 247 Å². The van der Waals surface area contributed by atoms with Gasteiger partial charge in [0.2, 0.25) is 11.8 Å². The molecule has 4 N–H and O–H groups in total. The summed E-state index contributed by atoms with van der Waals surface area (Å²) in [5.74, 6) is -0.726. The molecule has 2 heterocycles. The largest absolute Gasteiger partial charge is 0.374 e. The van der Waals surface area contributed by atoms with Crippen molar-refractivity contribution in [1.82, 2.24) is 19.8 Å². The fourth-order valence-corrected chi connectivity index (χ4v) is 4.87. The van der Waals surface area contributed by atoms with Crippen molar-refractivity contribution in [2.24, 2.45) is 5.73 Å². The van der Waals surface area contributed by atoms with Crippen LogP contribution in [0.25, 0.3) is 0 Å². The molecule has 1 aliphatic heterocycles. The van der Waals surface area contributed by atoms with Crippen LogP contribution in [0.3, 0.4) is 0 Å². The Morgan fingerprint density at radius 1 is 0.952 bits per heavy atom. The fourth-order valence-electron chi connectivity index (χ4n) is 4.87. The van der Waals surface area contributed by atoms with E-state index < -0.39 is 29.4 Å². The molecule has 1 aliphatic rings. The third kappa shape index (κ3) is 8.74. The molecule has 1 aromatic heterocycles. The first-order chi connectivity index (χ1) is 20.2. The topological polar surface area (TPSA) is 132 Å². The van der Waals surface area contributed by atoms with Gasteiger partial charge in [-0.25, -0.2) is 4.98 Å². The minimum Gasteiger partial charge on any atom is -0.374 e. The van der Waals surface area contributed by atoms with Crippen LogP contribution in [-0.2, 0) is 25.7 Å². The van der Waals surface area contributed by atoms with Crippen molar-refractivity contribution in [2.45, 2.75) is 70.2 Å². The van der Waals surface area contributed by atoms with Gasteiger partial charge in [0.15, 0.2) is 5.82 Å². The van der Waals surface area contributed by atoms with Crippen LogP contribution in [0.5, 0.6) is 0 Å². The first-order valence-electron chi connectivity index (χ1n) is 14.6. The second-order valence-corrected chi connectivity index (χ2v) is 11.4. The van der Waals surface area contributed by atoms with Crippen LogP contribution in [0.15, 0.2) is 73.2 Å². The summed E-state index contributed by atoms with van der Waals surface area (Å²) < 4.78 is 7.51. The van der Waals surface area contributed by atoms with E-state index in [1.165, 1.54) is 6.42 Å². The Kier molecular flexibility index (Phi) is 10.9. The average molecular weight is 575 g/mol. The lowest BCUT2D eigenvalue weighted by atomic mass is 10.0. The summed E-state index contributed by atoms with van der Waals surface area (Å²) in [5.41, 5.74) is 6.56. The molecule has 0 aliphatic carbocycles. The molecule has 3 amide bonds. The number of likely N-dealkylation sites (tertiary alicyclic amines) is 1. The summed E-state index contributed by atoms with van der Waals surface area (Å²) in [6, 6.07) is 17.5. The molecule has 0 bridgehead atoms. The van der Waals surface area contributed by atoms with Crippen LogP contribution in [0.4, 0.5) is 5.82 Å². The number of benzene rings is 2. The van der Waals surface area contributed by atoms with Crippen molar-refractivity contribution >= 4 is 23.5 Å². The first kappa shape index (κ1) is 30.9. The number of anilines is 1. The van der Waals surface area contributed by atoms with Gasteiger partial charge < -0.3 is 30.6 Å². The molecule has 42 heavy (non-hydrogen) atoms. The lowest BCUT2D eigenvalue weighted by molar-refractivity contribution is -0.134. The molecular formula is C32H42N6O4. The number of aromatic nitrogens is 2. The van der Waals surface area contributed by atoms with E-state index in [1.807, 2.05) is 65.6 Å². The third-order valence-electron chi connectivity index (χ3n) is 7.27. The number of carbonyl (C=O) groups excluding carboxylic acids is 3. The number of rotatable bonds is 11. The molecule has 2 aromatic carbocycles. The molecule has 2 atom stereocenters. The van der Waals surface area contributed by atoms with Crippen molar-refractivity contribution in [1.29, 1.82) is 0 Å². The van der Waals surface area contributed by atoms with Crippen molar-refractivity contribution < 1.29 is 19.1 Å². The monoisotopic (exact) mass is 574 g/mol. The molecule has 0 spiro atoms. The first-order valence-corrected chi connectivity index (χ1v) is 14.6. The molecule has 10 heteroatoms. The normalized spacial score (nSPS) is 15.6. The number of carbonyl (C=O) groups is 3. The molecule has 0 saturated carbocycles. The van der Waals surface area contributed by atoms with E-state index >= 15 is 0 Å². The number of hydrogen-bond donors (Lipinski definition) is 3. The van der Waals surface area contributed by atoms with Gasteiger partial charge in [0.25, 0.3) is 5.91 Å². The number of nitrogens with one attached hydrogen (secondary N) is 2. The van der Waals surface area contributed by atoms with Gasteiger partial charge >= 0.3 is 0 Å². The van der Waals surface area contributed by atoms with Gasteiger partial charge in [-0.3, -0.25) is 14.4 Å². The molecule has 1 fully saturated rings. The number of imidazole rings is 1. The summed E-state index contributed by atoms with van der Waals surface area (Å²) in [6.07, 6.45) is 8.61. The predicted molar refractivity (Wildman–Crippen MR) is 161 cm³/mol. The number of nitrogens with two attached hydrogens (primary N) is 1. The Balaban J connectivity index is 1.50. The predicted octanol–water partition coefficient (Wildman–Crippen LogP) is 3.64. The lowest BCUT2D eigenvalue weighted by Gasteiger charge is -2.29. The summed E-state index contributed by atoms with van der Waals surface area (Å²) in [7, 11) is 0. The van der Waals surface area contributed by atoms with Crippen LogP contribution in [0.2, 0.25) is 0 Å². The Morgan fingerprint density at radius 2 is 1.57 bits per heavy atom. The van der Waals surface area contributed by atoms with Crippen LogP contribution in [0, 0.1) is 0 Å². The maximum atomic E-state index is 13.9. The van der Waals surface area contributed by atoms with Gasteiger partial charge in [-0.2, -0.15) is 0 Å². The maximum Gasteiger partial charge on any atom is 0.250 e. The van der Waals surface area contributed by atoms with Crippen LogP contribution in [-0.4, -0.2) is 63.4 Å². The average Bonchev–Trinajstić information content (AvgIpc) is 3.40. The van der Waals surface area contributed by atoms with E-state index in [4.69, 9.17) is 10.5 Å². The summed E-state index contributed by atoms with van der Waals surface area (Å²) in [5, 5.41) is 5.47. The molecule has 0 radical (unpaired) electrons. The second-order valence-electron chi connectivity index (χ2n) is 11.4. The summed E-state index contributed by atoms with van der Waals surface area (Å²) in [6.45, 7) is 4.79. The number of nitrogens with zero attached hydrogens (tertiary/aromatic N) is 3. The second kappa shape index (κ2) is 14.7. The van der Waals surface area contributed by atoms with Crippen LogP contribution < -0.4 is 16.4 Å². The standard InChI is InChI=1S/C32H42N6O4/c1-32(2,33)31(41)35-26(22-42-21-24-14-8-6-9-15-24)29(39)36-27-20-38(23-34-27)28(25-16-10-7-11-17-25)30(40)37-18-12-4-3-5-13-19-37/h6-11,14-17,20,23,26,28H,3-5,12-13,18-19,21-22,33H2,1-2H3,(H,35,41)(H,36,39)/t26-,28?/m1/s1. The van der Waals surface area contributed by atoms with Gasteiger partial charge in [0.1, 0.15) is 12.1 Å². The molecule has 3 aromatic rings. The smallest absolute Gasteiger partial charge is 0.250 e. The molecule has 224 valence electrons. The highest BCUT2D eigenvalue weighted by molar-refractivity contribution is 5.98. The minimum absolute atomic E-state index is 0.00278. The van der Waals surface area contributed by atoms with Crippen LogP contribution in [0.1, 0.15) is 63.1 Å². The number of ether oxygens (including phenoxy) is 1. The van der Waals surface area contributed by atoms with Gasteiger partial charge in [0.05, 0.1) is 25.1 Å². The highest BCUT2D eigenvalue weighted by atomic mass is 16.5.